The van der Waals surface area contributed by atoms with Crippen LogP contribution in [0.3, 0.4) is 0 Å². The van der Waals surface area contributed by atoms with Gasteiger partial charge in [-0.2, -0.15) is 0 Å². The fraction of sp³-hybridized carbons (Fsp3) is 0.960. The molecule has 4 heteroatoms. The van der Waals surface area contributed by atoms with Gasteiger partial charge in [0.1, 0.15) is 12.8 Å². The predicted molar refractivity (Wildman–Crippen MR) is 129 cm³/mol. The Hall–Kier alpha value is -0.300. The molecule has 0 spiro atoms. The molecule has 0 heterocycles. The Balaban J connectivity index is 3.37. The van der Waals surface area contributed by atoms with E-state index in [0.29, 0.717) is 18.9 Å². The van der Waals surface area contributed by atoms with E-state index in [0.717, 1.165) is 12.8 Å². The van der Waals surface area contributed by atoms with Gasteiger partial charge in [0.05, 0.1) is 6.61 Å². The second-order valence-electron chi connectivity index (χ2n) is 8.73. The summed E-state index contributed by atoms with van der Waals surface area (Å²) < 4.78 is 17.9. The first kappa shape index (κ1) is 28.7. The third-order valence-electron chi connectivity index (χ3n) is 6.36. The van der Waals surface area contributed by atoms with Gasteiger partial charge in [0.2, 0.25) is 0 Å². The topological polar surface area (TPSA) is 43.4 Å². The number of ether oxygens (including phenoxy) is 1. The smallest absolute Gasteiger partial charge is 0.316 e. The molecule has 0 aromatic carbocycles. The minimum absolute atomic E-state index is 0.266. The molecule has 1 atom stereocenters. The molecule has 0 saturated heterocycles. The van der Waals surface area contributed by atoms with E-state index in [1.165, 1.54) is 89.9 Å². The lowest BCUT2D eigenvalue weighted by atomic mass is 10.0. The van der Waals surface area contributed by atoms with Crippen LogP contribution in [-0.4, -0.2) is 30.6 Å². The third kappa shape index (κ3) is 15.2. The van der Waals surface area contributed by atoms with Gasteiger partial charge in [-0.25, -0.2) is 0 Å². The second kappa shape index (κ2) is 19.7. The van der Waals surface area contributed by atoms with Gasteiger partial charge < -0.3 is 9.30 Å². The highest BCUT2D eigenvalue weighted by molar-refractivity contribution is 7.65. The van der Waals surface area contributed by atoms with E-state index in [1.807, 2.05) is 13.8 Å². The molecule has 0 radical (unpaired) electrons. The molecule has 0 aromatic rings. The van der Waals surface area contributed by atoms with E-state index in [-0.39, 0.29) is 5.97 Å². The Kier molecular flexibility index (Phi) is 19.4. The fourth-order valence-electron chi connectivity index (χ4n) is 3.91. The molecule has 0 aliphatic rings. The van der Waals surface area contributed by atoms with Crippen molar-refractivity contribution in [2.45, 2.75) is 136 Å². The highest BCUT2D eigenvalue weighted by Crippen LogP contribution is 2.50. The quantitative estimate of drug-likeness (QED) is 0.104. The fourth-order valence-corrected chi connectivity index (χ4v) is 5.91. The van der Waals surface area contributed by atoms with E-state index in [1.54, 1.807) is 6.92 Å². The number of carbonyl (C=O) groups is 1. The highest BCUT2D eigenvalue weighted by Gasteiger charge is 2.32. The molecule has 29 heavy (non-hydrogen) atoms. The minimum atomic E-state index is -2.40. The Morgan fingerprint density at radius 3 is 1.34 bits per heavy atom. The van der Waals surface area contributed by atoms with Crippen molar-refractivity contribution in [1.82, 2.24) is 0 Å². The Morgan fingerprint density at radius 1 is 0.655 bits per heavy atom. The first-order valence-electron chi connectivity index (χ1n) is 12.8. The Labute approximate surface area is 182 Å². The van der Waals surface area contributed by atoms with Crippen LogP contribution in [0.4, 0.5) is 0 Å². The van der Waals surface area contributed by atoms with Crippen LogP contribution in [-0.2, 0) is 14.1 Å². The van der Waals surface area contributed by atoms with Crippen molar-refractivity contribution in [3.8, 4) is 0 Å². The van der Waals surface area contributed by atoms with Crippen LogP contribution < -0.4 is 0 Å². The number of carbonyl (C=O) groups excluding carboxylic acids is 1. The van der Waals surface area contributed by atoms with Crippen molar-refractivity contribution in [3.05, 3.63) is 0 Å². The highest BCUT2D eigenvalue weighted by atomic mass is 31.2. The zero-order valence-corrected chi connectivity index (χ0v) is 21.1. The molecule has 0 aliphatic heterocycles. The van der Waals surface area contributed by atoms with Gasteiger partial charge in [0, 0.05) is 0 Å². The number of hydrogen-bond acceptors (Lipinski definition) is 3. The molecule has 0 aromatic heterocycles. The minimum Gasteiger partial charge on any atom is -0.465 e. The summed E-state index contributed by atoms with van der Waals surface area (Å²) >= 11 is 0. The van der Waals surface area contributed by atoms with Gasteiger partial charge >= 0.3 is 5.97 Å². The van der Waals surface area contributed by atoms with Crippen molar-refractivity contribution in [1.29, 1.82) is 0 Å². The van der Waals surface area contributed by atoms with Crippen LogP contribution in [0, 0.1) is 0 Å². The molecule has 0 saturated carbocycles. The van der Waals surface area contributed by atoms with E-state index >= 15 is 0 Å². The van der Waals surface area contributed by atoms with E-state index in [2.05, 4.69) is 6.92 Å². The molecule has 174 valence electrons. The lowest BCUT2D eigenvalue weighted by molar-refractivity contribution is -0.143. The van der Waals surface area contributed by atoms with Gasteiger partial charge in [0.25, 0.3) is 0 Å². The van der Waals surface area contributed by atoms with Crippen molar-refractivity contribution in [2.24, 2.45) is 0 Å². The van der Waals surface area contributed by atoms with Crippen molar-refractivity contribution >= 4 is 13.1 Å². The van der Waals surface area contributed by atoms with Crippen LogP contribution in [0.15, 0.2) is 0 Å². The molecule has 0 amide bonds. The van der Waals surface area contributed by atoms with Gasteiger partial charge in [-0.15, -0.1) is 0 Å². The number of esters is 1. The summed E-state index contributed by atoms with van der Waals surface area (Å²) in [4.78, 5) is 12.1. The second-order valence-corrected chi connectivity index (χ2v) is 12.7. The molecule has 0 fully saturated rings. The molecular weight excluding hydrogens is 379 g/mol. The largest absolute Gasteiger partial charge is 0.465 e. The van der Waals surface area contributed by atoms with E-state index in [9.17, 15) is 9.36 Å². The predicted octanol–water partition coefficient (Wildman–Crippen LogP) is 8.58. The lowest BCUT2D eigenvalue weighted by Gasteiger charge is -2.20. The first-order valence-corrected chi connectivity index (χ1v) is 14.9. The number of hydrogen-bond donors (Lipinski definition) is 0. The van der Waals surface area contributed by atoms with Crippen molar-refractivity contribution < 1.29 is 14.1 Å². The summed E-state index contributed by atoms with van der Waals surface area (Å²) in [6, 6.07) is 0. The molecule has 0 aliphatic carbocycles. The monoisotopic (exact) mass is 430 g/mol. The first-order chi connectivity index (χ1) is 14.0. The van der Waals surface area contributed by atoms with Gasteiger partial charge in [0.15, 0.2) is 0 Å². The van der Waals surface area contributed by atoms with E-state index in [4.69, 9.17) is 4.74 Å². The normalized spacial score (nSPS) is 12.8. The molecule has 3 nitrogen and oxygen atoms in total. The SMILES string of the molecule is CCCCCCCCCCCCCCCCCCOC(=O)C(C)P(=O)(CC)CC. The van der Waals surface area contributed by atoms with Crippen molar-refractivity contribution in [3.63, 3.8) is 0 Å². The van der Waals surface area contributed by atoms with Gasteiger partial charge in [-0.1, -0.05) is 117 Å². The zero-order valence-electron chi connectivity index (χ0n) is 20.2. The average Bonchev–Trinajstić information content (AvgIpc) is 2.74. The summed E-state index contributed by atoms with van der Waals surface area (Å²) in [6.45, 7) is 8.34. The zero-order chi connectivity index (χ0) is 21.8. The summed E-state index contributed by atoms with van der Waals surface area (Å²) in [7, 11) is -2.40. The van der Waals surface area contributed by atoms with Gasteiger partial charge in [-0.3, -0.25) is 4.79 Å². The van der Waals surface area contributed by atoms with Gasteiger partial charge in [-0.05, 0) is 25.7 Å². The molecule has 0 rings (SSSR count). The van der Waals surface area contributed by atoms with Crippen LogP contribution in [0.2, 0.25) is 0 Å². The summed E-state index contributed by atoms with van der Waals surface area (Å²) in [5, 5.41) is 0. The number of rotatable bonds is 21. The summed E-state index contributed by atoms with van der Waals surface area (Å²) in [5.41, 5.74) is -0.446. The van der Waals surface area contributed by atoms with Crippen LogP contribution in [0.25, 0.3) is 0 Å². The molecule has 1 unspecified atom stereocenters. The molecular formula is C25H51O3P. The third-order valence-corrected chi connectivity index (χ3v) is 10.1. The molecule has 0 N–H and O–H groups in total. The number of unbranched alkanes of at least 4 members (excludes halogenated alkanes) is 15. The van der Waals surface area contributed by atoms with Crippen LogP contribution in [0.1, 0.15) is 130 Å². The van der Waals surface area contributed by atoms with Crippen molar-refractivity contribution in [2.75, 3.05) is 18.9 Å². The van der Waals surface area contributed by atoms with E-state index < -0.39 is 12.8 Å². The lowest BCUT2D eigenvalue weighted by Crippen LogP contribution is -2.22. The summed E-state index contributed by atoms with van der Waals surface area (Å²) in [5.74, 6) is -0.266. The maximum absolute atomic E-state index is 12.6. The standard InChI is InChI=1S/C25H51O3P/c1-5-8-9-10-11-12-13-14-15-16-17-18-19-20-21-22-23-28-25(26)24(4)29(27,6-2)7-3/h24H,5-23H2,1-4H3. The Bertz CT molecular complexity index is 414. The maximum atomic E-state index is 12.6. The van der Waals surface area contributed by atoms with Crippen LogP contribution in [0.5, 0.6) is 0 Å². The molecule has 0 bridgehead atoms. The Morgan fingerprint density at radius 2 is 1.00 bits per heavy atom. The summed E-state index contributed by atoms with van der Waals surface area (Å²) in [6.07, 6.45) is 22.6. The maximum Gasteiger partial charge on any atom is 0.316 e. The van der Waals surface area contributed by atoms with Crippen LogP contribution >= 0.6 is 7.14 Å². The average molecular weight is 431 g/mol.